The Morgan fingerprint density at radius 1 is 1.32 bits per heavy atom. The van der Waals surface area contributed by atoms with E-state index in [9.17, 15) is 0 Å². The normalized spacial score (nSPS) is 17.8. The molecule has 1 aliphatic carbocycles. The highest BCUT2D eigenvalue weighted by Crippen LogP contribution is 2.26. The van der Waals surface area contributed by atoms with E-state index in [4.69, 9.17) is 4.74 Å². The van der Waals surface area contributed by atoms with E-state index in [1.165, 1.54) is 6.42 Å². The first kappa shape index (κ1) is 14.8. The van der Waals surface area contributed by atoms with Gasteiger partial charge in [0.05, 0.1) is 12.8 Å². The van der Waals surface area contributed by atoms with Gasteiger partial charge in [0.15, 0.2) is 0 Å². The molecule has 0 saturated heterocycles. The summed E-state index contributed by atoms with van der Waals surface area (Å²) in [6.07, 6.45) is 9.87. The third kappa shape index (κ3) is 3.74. The number of aromatic nitrogens is 1. The van der Waals surface area contributed by atoms with Crippen molar-refractivity contribution in [1.82, 2.24) is 4.98 Å². The van der Waals surface area contributed by atoms with Crippen LogP contribution in [0.1, 0.15) is 19.3 Å². The van der Waals surface area contributed by atoms with Crippen LogP contribution >= 0.6 is 11.3 Å². The van der Waals surface area contributed by atoms with Gasteiger partial charge in [0.2, 0.25) is 5.13 Å². The van der Waals surface area contributed by atoms with Gasteiger partial charge in [0, 0.05) is 17.2 Å². The predicted molar refractivity (Wildman–Crippen MR) is 92.7 cm³/mol. The predicted octanol–water partition coefficient (Wildman–Crippen LogP) is 4.57. The Kier molecular flexibility index (Phi) is 4.85. The van der Waals surface area contributed by atoms with Crippen molar-refractivity contribution < 1.29 is 4.74 Å². The minimum Gasteiger partial charge on any atom is -0.497 e. The first-order valence-corrected chi connectivity index (χ1v) is 8.27. The van der Waals surface area contributed by atoms with Crippen LogP contribution in [0, 0.1) is 5.92 Å². The topological polar surface area (TPSA) is 46.5 Å². The minimum absolute atomic E-state index is 0.540. The molecule has 2 aromatic rings. The molecule has 1 heterocycles. The standard InChI is InChI=1S/C17H19N3OS/c1-21-15-9-7-14(8-10-15)16-12-22-17(19-16)20-18-11-13-5-3-2-4-6-13/h2-3,7-13H,4-6H2,1H3,(H,19,20)/b18-11-/t13-/m1/s1. The molecule has 0 radical (unpaired) electrons. The smallest absolute Gasteiger partial charge is 0.203 e. The lowest BCUT2D eigenvalue weighted by Crippen LogP contribution is -2.04. The van der Waals surface area contributed by atoms with Gasteiger partial charge in [-0.1, -0.05) is 12.2 Å². The quantitative estimate of drug-likeness (QED) is 0.499. The van der Waals surface area contributed by atoms with E-state index in [1.54, 1.807) is 18.4 Å². The Bertz CT molecular complexity index is 661. The maximum absolute atomic E-state index is 5.17. The molecule has 0 aliphatic heterocycles. The lowest BCUT2D eigenvalue weighted by Gasteiger charge is -2.11. The van der Waals surface area contributed by atoms with E-state index in [1.807, 2.05) is 35.9 Å². The summed E-state index contributed by atoms with van der Waals surface area (Å²) in [6, 6.07) is 7.90. The number of hydrogen-bond donors (Lipinski definition) is 1. The van der Waals surface area contributed by atoms with Crippen LogP contribution in [-0.2, 0) is 0 Å². The fourth-order valence-electron chi connectivity index (χ4n) is 2.37. The Morgan fingerprint density at radius 3 is 2.91 bits per heavy atom. The molecular formula is C17H19N3OS. The van der Waals surface area contributed by atoms with Crippen LogP contribution in [0.2, 0.25) is 0 Å². The van der Waals surface area contributed by atoms with Crippen molar-refractivity contribution in [3.63, 3.8) is 0 Å². The number of nitrogens with one attached hydrogen (secondary N) is 1. The highest BCUT2D eigenvalue weighted by Gasteiger charge is 2.07. The molecule has 0 fully saturated rings. The maximum atomic E-state index is 5.17. The summed E-state index contributed by atoms with van der Waals surface area (Å²) < 4.78 is 5.17. The number of anilines is 1. The molecule has 0 amide bonds. The van der Waals surface area contributed by atoms with Crippen molar-refractivity contribution in [3.8, 4) is 17.0 Å². The summed E-state index contributed by atoms with van der Waals surface area (Å²) in [5, 5.41) is 7.16. The van der Waals surface area contributed by atoms with Gasteiger partial charge in [-0.3, -0.25) is 5.43 Å². The van der Waals surface area contributed by atoms with Crippen molar-refractivity contribution in [2.45, 2.75) is 19.3 Å². The summed E-state index contributed by atoms with van der Waals surface area (Å²) in [5.74, 6) is 1.39. The van der Waals surface area contributed by atoms with Crippen molar-refractivity contribution in [1.29, 1.82) is 0 Å². The third-order valence-electron chi connectivity index (χ3n) is 3.65. The Hall–Kier alpha value is -2.14. The molecular weight excluding hydrogens is 294 g/mol. The van der Waals surface area contributed by atoms with Gasteiger partial charge in [-0.2, -0.15) is 5.10 Å². The van der Waals surface area contributed by atoms with E-state index < -0.39 is 0 Å². The minimum atomic E-state index is 0.540. The molecule has 1 aromatic carbocycles. The average Bonchev–Trinajstić information content (AvgIpc) is 3.05. The second-order valence-corrected chi connectivity index (χ2v) is 6.06. The second-order valence-electron chi connectivity index (χ2n) is 5.20. The number of nitrogens with zero attached hydrogens (tertiary/aromatic N) is 2. The van der Waals surface area contributed by atoms with Crippen LogP contribution in [0.4, 0.5) is 5.13 Å². The van der Waals surface area contributed by atoms with Gasteiger partial charge in [0.25, 0.3) is 0 Å². The van der Waals surface area contributed by atoms with Crippen LogP contribution in [0.3, 0.4) is 0 Å². The number of ether oxygens (including phenoxy) is 1. The van der Waals surface area contributed by atoms with E-state index in [0.29, 0.717) is 5.92 Å². The molecule has 1 aromatic heterocycles. The molecule has 4 nitrogen and oxygen atoms in total. The highest BCUT2D eigenvalue weighted by atomic mass is 32.1. The van der Waals surface area contributed by atoms with E-state index in [0.717, 1.165) is 35.0 Å². The molecule has 22 heavy (non-hydrogen) atoms. The summed E-state index contributed by atoms with van der Waals surface area (Å²) in [4.78, 5) is 4.56. The molecule has 1 aliphatic rings. The van der Waals surface area contributed by atoms with Crippen LogP contribution in [0.5, 0.6) is 5.75 Å². The average molecular weight is 313 g/mol. The number of rotatable bonds is 5. The maximum Gasteiger partial charge on any atom is 0.203 e. The third-order valence-corrected chi connectivity index (χ3v) is 4.39. The first-order valence-electron chi connectivity index (χ1n) is 7.39. The van der Waals surface area contributed by atoms with Crippen LogP contribution < -0.4 is 10.2 Å². The number of hydrogen-bond acceptors (Lipinski definition) is 5. The van der Waals surface area contributed by atoms with Crippen LogP contribution in [-0.4, -0.2) is 18.3 Å². The molecule has 0 spiro atoms. The largest absolute Gasteiger partial charge is 0.497 e. The van der Waals surface area contributed by atoms with Crippen LogP contribution in [0.15, 0.2) is 46.9 Å². The Morgan fingerprint density at radius 2 is 2.18 bits per heavy atom. The first-order chi connectivity index (χ1) is 10.8. The van der Waals surface area contributed by atoms with Gasteiger partial charge < -0.3 is 4.74 Å². The van der Waals surface area contributed by atoms with Gasteiger partial charge in [-0.25, -0.2) is 4.98 Å². The summed E-state index contributed by atoms with van der Waals surface area (Å²) in [5.41, 5.74) is 5.06. The zero-order valence-electron chi connectivity index (χ0n) is 12.5. The zero-order chi connectivity index (χ0) is 15.2. The molecule has 114 valence electrons. The van der Waals surface area contributed by atoms with Crippen molar-refractivity contribution in [3.05, 3.63) is 41.8 Å². The Labute approximate surface area is 134 Å². The van der Waals surface area contributed by atoms with E-state index in [2.05, 4.69) is 27.7 Å². The molecule has 0 saturated carbocycles. The van der Waals surface area contributed by atoms with Gasteiger partial charge in [0.1, 0.15) is 5.75 Å². The number of benzene rings is 1. The highest BCUT2D eigenvalue weighted by molar-refractivity contribution is 7.14. The molecule has 3 rings (SSSR count). The number of methoxy groups -OCH3 is 1. The molecule has 1 N–H and O–H groups in total. The SMILES string of the molecule is COc1ccc(-c2csc(N/N=C\[C@@H]3CC=CCC3)n2)cc1. The number of thiazole rings is 1. The fourth-order valence-corrected chi connectivity index (χ4v) is 3.04. The lowest BCUT2D eigenvalue weighted by atomic mass is 9.96. The second kappa shape index (κ2) is 7.22. The van der Waals surface area contributed by atoms with Gasteiger partial charge in [-0.05, 0) is 49.4 Å². The lowest BCUT2D eigenvalue weighted by molar-refractivity contribution is 0.415. The monoisotopic (exact) mass is 313 g/mol. The number of hydrazone groups is 1. The van der Waals surface area contributed by atoms with Gasteiger partial charge >= 0.3 is 0 Å². The molecule has 5 heteroatoms. The number of allylic oxidation sites excluding steroid dienone is 2. The molecule has 0 unspecified atom stereocenters. The summed E-state index contributed by atoms with van der Waals surface area (Å²) in [7, 11) is 1.67. The summed E-state index contributed by atoms with van der Waals surface area (Å²) >= 11 is 1.56. The van der Waals surface area contributed by atoms with Crippen molar-refractivity contribution >= 4 is 22.7 Å². The van der Waals surface area contributed by atoms with Crippen molar-refractivity contribution in [2.75, 3.05) is 12.5 Å². The Balaban J connectivity index is 1.60. The fraction of sp³-hybridized carbons (Fsp3) is 0.294. The van der Waals surface area contributed by atoms with E-state index >= 15 is 0 Å². The summed E-state index contributed by atoms with van der Waals surface area (Å²) in [6.45, 7) is 0. The van der Waals surface area contributed by atoms with Crippen LogP contribution in [0.25, 0.3) is 11.3 Å². The van der Waals surface area contributed by atoms with Gasteiger partial charge in [-0.15, -0.1) is 11.3 Å². The van der Waals surface area contributed by atoms with Crippen molar-refractivity contribution in [2.24, 2.45) is 11.0 Å². The van der Waals surface area contributed by atoms with E-state index in [-0.39, 0.29) is 0 Å². The molecule has 1 atom stereocenters. The zero-order valence-corrected chi connectivity index (χ0v) is 13.3. The molecule has 0 bridgehead atoms.